The molecule has 0 amide bonds. The Balaban J connectivity index is 2.36. The molecule has 0 saturated heterocycles. The maximum Gasteiger partial charge on any atom is 0.0886 e. The van der Waals surface area contributed by atoms with Gasteiger partial charge in [0, 0.05) is 13.2 Å². The van der Waals surface area contributed by atoms with Crippen molar-refractivity contribution in [2.75, 3.05) is 0 Å². The van der Waals surface area contributed by atoms with Gasteiger partial charge in [0.05, 0.1) is 11.7 Å². The Morgan fingerprint density at radius 1 is 1.57 bits per heavy atom. The Hall–Kier alpha value is -1.17. The Bertz CT molecular complexity index is 393. The number of hydrogen-bond acceptors (Lipinski definition) is 4. The number of nitrogens with two attached hydrogens (primary N) is 1. The minimum absolute atomic E-state index is 0.0220. The molecule has 0 bridgehead atoms. The van der Waals surface area contributed by atoms with Crippen molar-refractivity contribution in [1.82, 2.24) is 15.2 Å². The zero-order chi connectivity index (χ0) is 9.97. The van der Waals surface area contributed by atoms with Gasteiger partial charge in [-0.1, -0.05) is 0 Å². The number of thiophene rings is 1. The smallest absolute Gasteiger partial charge is 0.0886 e. The maximum absolute atomic E-state index is 5.54. The van der Waals surface area contributed by atoms with E-state index in [2.05, 4.69) is 22.0 Å². The van der Waals surface area contributed by atoms with Crippen molar-refractivity contribution in [3.63, 3.8) is 0 Å². The summed E-state index contributed by atoms with van der Waals surface area (Å²) < 4.78 is 1.82. The third kappa shape index (κ3) is 1.57. The van der Waals surface area contributed by atoms with Gasteiger partial charge in [0.15, 0.2) is 0 Å². The van der Waals surface area contributed by atoms with Crippen molar-refractivity contribution < 1.29 is 0 Å². The number of hydrogen-bond donors (Lipinski definition) is 2. The van der Waals surface area contributed by atoms with Crippen LogP contribution in [0.2, 0.25) is 0 Å². The van der Waals surface area contributed by atoms with Crippen LogP contribution in [0.3, 0.4) is 0 Å². The Morgan fingerprint density at radius 2 is 2.43 bits per heavy atom. The van der Waals surface area contributed by atoms with Gasteiger partial charge in [0.25, 0.3) is 0 Å². The number of nitrogens with one attached hydrogen (secondary N) is 1. The quantitative estimate of drug-likeness (QED) is 0.585. The summed E-state index contributed by atoms with van der Waals surface area (Å²) in [6, 6.07) is 4.04. The summed E-state index contributed by atoms with van der Waals surface area (Å²) in [6.07, 6.45) is 1.77. The molecule has 2 aromatic rings. The highest BCUT2D eigenvalue weighted by Gasteiger charge is 2.15. The monoisotopic (exact) mass is 208 g/mol. The molecule has 0 spiro atoms. The SMILES string of the molecule is Cn1nccc1C(NN)c1ccsc1. The molecule has 0 aliphatic carbocycles. The first-order valence-electron chi connectivity index (χ1n) is 4.29. The van der Waals surface area contributed by atoms with Gasteiger partial charge in [-0.25, -0.2) is 5.43 Å². The van der Waals surface area contributed by atoms with Crippen LogP contribution in [0.1, 0.15) is 17.3 Å². The molecule has 0 fully saturated rings. The maximum atomic E-state index is 5.54. The van der Waals surface area contributed by atoms with Crippen molar-refractivity contribution in [2.45, 2.75) is 6.04 Å². The molecule has 74 valence electrons. The van der Waals surface area contributed by atoms with E-state index in [1.807, 2.05) is 23.2 Å². The summed E-state index contributed by atoms with van der Waals surface area (Å²) in [7, 11) is 1.91. The minimum Gasteiger partial charge on any atom is -0.271 e. The van der Waals surface area contributed by atoms with Crippen LogP contribution in [0.4, 0.5) is 0 Å². The zero-order valence-corrected chi connectivity index (χ0v) is 8.66. The van der Waals surface area contributed by atoms with Crippen LogP contribution in [0.15, 0.2) is 29.1 Å². The largest absolute Gasteiger partial charge is 0.271 e. The molecular formula is C9H12N4S. The lowest BCUT2D eigenvalue weighted by Gasteiger charge is -2.14. The van der Waals surface area contributed by atoms with Gasteiger partial charge in [-0.3, -0.25) is 10.5 Å². The Morgan fingerprint density at radius 3 is 2.93 bits per heavy atom. The summed E-state index contributed by atoms with van der Waals surface area (Å²) >= 11 is 1.66. The second kappa shape index (κ2) is 3.91. The minimum atomic E-state index is 0.0220. The predicted octanol–water partition coefficient (Wildman–Crippen LogP) is 1.03. The van der Waals surface area contributed by atoms with Crippen LogP contribution >= 0.6 is 11.3 Å². The summed E-state index contributed by atoms with van der Waals surface area (Å²) in [5.41, 5.74) is 5.02. The molecule has 1 atom stereocenters. The van der Waals surface area contributed by atoms with Crippen LogP contribution < -0.4 is 11.3 Å². The van der Waals surface area contributed by atoms with Gasteiger partial charge in [-0.2, -0.15) is 16.4 Å². The fourth-order valence-corrected chi connectivity index (χ4v) is 2.14. The van der Waals surface area contributed by atoms with E-state index >= 15 is 0 Å². The van der Waals surface area contributed by atoms with E-state index in [-0.39, 0.29) is 6.04 Å². The number of aromatic nitrogens is 2. The third-order valence-corrected chi connectivity index (χ3v) is 2.90. The lowest BCUT2D eigenvalue weighted by Crippen LogP contribution is -2.30. The third-order valence-electron chi connectivity index (χ3n) is 2.20. The Labute approximate surface area is 86.3 Å². The van der Waals surface area contributed by atoms with Crippen LogP contribution in [0.5, 0.6) is 0 Å². The van der Waals surface area contributed by atoms with Gasteiger partial charge in [0.1, 0.15) is 0 Å². The van der Waals surface area contributed by atoms with Crippen molar-refractivity contribution in [3.8, 4) is 0 Å². The van der Waals surface area contributed by atoms with Gasteiger partial charge in [-0.05, 0) is 28.5 Å². The molecule has 14 heavy (non-hydrogen) atoms. The normalized spacial score (nSPS) is 13.0. The van der Waals surface area contributed by atoms with E-state index in [9.17, 15) is 0 Å². The molecular weight excluding hydrogens is 196 g/mol. The molecule has 2 aromatic heterocycles. The molecule has 0 aliphatic heterocycles. The summed E-state index contributed by atoms with van der Waals surface area (Å²) in [5, 5.41) is 8.24. The highest BCUT2D eigenvalue weighted by Crippen LogP contribution is 2.22. The first kappa shape index (κ1) is 9.39. The number of hydrazine groups is 1. The van der Waals surface area contributed by atoms with Gasteiger partial charge < -0.3 is 0 Å². The molecule has 1 unspecified atom stereocenters. The van der Waals surface area contributed by atoms with Crippen LogP contribution in [0.25, 0.3) is 0 Å². The van der Waals surface area contributed by atoms with Crippen molar-refractivity contribution in [2.24, 2.45) is 12.9 Å². The summed E-state index contributed by atoms with van der Waals surface area (Å²) in [4.78, 5) is 0. The van der Waals surface area contributed by atoms with Crippen LogP contribution in [0, 0.1) is 0 Å². The van der Waals surface area contributed by atoms with Gasteiger partial charge in [-0.15, -0.1) is 0 Å². The second-order valence-corrected chi connectivity index (χ2v) is 3.82. The molecule has 0 aliphatic rings. The Kier molecular flexibility index (Phi) is 2.62. The topological polar surface area (TPSA) is 55.9 Å². The number of rotatable bonds is 3. The predicted molar refractivity (Wildman–Crippen MR) is 56.7 cm³/mol. The van der Waals surface area contributed by atoms with E-state index in [0.717, 1.165) is 5.69 Å². The van der Waals surface area contributed by atoms with Crippen LogP contribution in [-0.2, 0) is 7.05 Å². The summed E-state index contributed by atoms with van der Waals surface area (Å²) in [6.45, 7) is 0. The van der Waals surface area contributed by atoms with Gasteiger partial charge in [0.2, 0.25) is 0 Å². The lowest BCUT2D eigenvalue weighted by atomic mass is 10.1. The molecule has 3 N–H and O–H groups in total. The standard InChI is InChI=1S/C9H12N4S/c1-13-8(2-4-11-13)9(12-10)7-3-5-14-6-7/h2-6,9,12H,10H2,1H3. The molecule has 0 saturated carbocycles. The lowest BCUT2D eigenvalue weighted by molar-refractivity contribution is 0.576. The first-order valence-corrected chi connectivity index (χ1v) is 5.23. The van der Waals surface area contributed by atoms with E-state index in [4.69, 9.17) is 5.84 Å². The molecule has 4 nitrogen and oxygen atoms in total. The van der Waals surface area contributed by atoms with Crippen molar-refractivity contribution in [1.29, 1.82) is 0 Å². The average molecular weight is 208 g/mol. The van der Waals surface area contributed by atoms with Crippen molar-refractivity contribution >= 4 is 11.3 Å². The fraction of sp³-hybridized carbons (Fsp3) is 0.222. The molecule has 5 heteroatoms. The molecule has 2 rings (SSSR count). The first-order chi connectivity index (χ1) is 6.83. The van der Waals surface area contributed by atoms with E-state index in [1.165, 1.54) is 5.56 Å². The molecule has 2 heterocycles. The second-order valence-electron chi connectivity index (χ2n) is 3.04. The molecule has 0 aromatic carbocycles. The zero-order valence-electron chi connectivity index (χ0n) is 7.84. The van der Waals surface area contributed by atoms with E-state index in [1.54, 1.807) is 17.5 Å². The molecule has 0 radical (unpaired) electrons. The average Bonchev–Trinajstić information content (AvgIpc) is 2.80. The summed E-state index contributed by atoms with van der Waals surface area (Å²) in [5.74, 6) is 5.54. The number of aryl methyl sites for hydroxylation is 1. The van der Waals surface area contributed by atoms with E-state index in [0.29, 0.717) is 0 Å². The fourth-order valence-electron chi connectivity index (χ4n) is 1.46. The van der Waals surface area contributed by atoms with Crippen molar-refractivity contribution in [3.05, 3.63) is 40.3 Å². The van der Waals surface area contributed by atoms with Crippen LogP contribution in [-0.4, -0.2) is 9.78 Å². The van der Waals surface area contributed by atoms with Gasteiger partial charge >= 0.3 is 0 Å². The number of nitrogens with zero attached hydrogens (tertiary/aromatic N) is 2. The highest BCUT2D eigenvalue weighted by molar-refractivity contribution is 7.08. The highest BCUT2D eigenvalue weighted by atomic mass is 32.1. The van der Waals surface area contributed by atoms with E-state index < -0.39 is 0 Å².